The molecule has 0 spiro atoms. The average molecular weight is 352 g/mol. The normalized spacial score (nSPS) is 22.0. The standard InChI is InChI=1S/C16H18ClN3O2S/c17-11-3-4-12-14(9-11)23-16(18-12)20-7-8-22-13(10-20)15(21)19-5-1-2-6-19/h3-4,9,13H,1-2,5-8,10H2. The highest BCUT2D eigenvalue weighted by atomic mass is 35.5. The third-order valence-corrected chi connectivity index (χ3v) is 5.68. The lowest BCUT2D eigenvalue weighted by atomic mass is 10.2. The number of likely N-dealkylation sites (tertiary alicyclic amines) is 1. The lowest BCUT2D eigenvalue weighted by Crippen LogP contribution is -2.50. The molecule has 0 saturated carbocycles. The number of aromatic nitrogens is 1. The molecule has 23 heavy (non-hydrogen) atoms. The largest absolute Gasteiger partial charge is 0.365 e. The molecular weight excluding hydrogens is 334 g/mol. The summed E-state index contributed by atoms with van der Waals surface area (Å²) in [6.45, 7) is 3.61. The summed E-state index contributed by atoms with van der Waals surface area (Å²) < 4.78 is 6.79. The van der Waals surface area contributed by atoms with E-state index < -0.39 is 0 Å². The molecule has 1 aromatic carbocycles. The third kappa shape index (κ3) is 3.03. The number of nitrogens with zero attached hydrogens (tertiary/aromatic N) is 3. The van der Waals surface area contributed by atoms with Crippen LogP contribution < -0.4 is 4.90 Å². The first-order chi connectivity index (χ1) is 11.2. The fraction of sp³-hybridized carbons (Fsp3) is 0.500. The monoisotopic (exact) mass is 351 g/mol. The van der Waals surface area contributed by atoms with Gasteiger partial charge in [-0.25, -0.2) is 4.98 Å². The molecule has 0 N–H and O–H groups in total. The Bertz CT molecular complexity index is 729. The summed E-state index contributed by atoms with van der Waals surface area (Å²) in [4.78, 5) is 21.3. The van der Waals surface area contributed by atoms with Gasteiger partial charge in [-0.1, -0.05) is 22.9 Å². The number of ether oxygens (including phenoxy) is 1. The summed E-state index contributed by atoms with van der Waals surface area (Å²) in [5.41, 5.74) is 0.948. The van der Waals surface area contributed by atoms with E-state index in [1.54, 1.807) is 11.3 Å². The fourth-order valence-corrected chi connectivity index (χ4v) is 4.41. The van der Waals surface area contributed by atoms with E-state index in [2.05, 4.69) is 9.88 Å². The predicted octanol–water partition coefficient (Wildman–Crippen LogP) is 2.78. The molecule has 3 heterocycles. The second kappa shape index (κ2) is 6.26. The van der Waals surface area contributed by atoms with Gasteiger partial charge >= 0.3 is 0 Å². The summed E-state index contributed by atoms with van der Waals surface area (Å²) in [6, 6.07) is 5.72. The molecule has 2 aliphatic rings. The minimum absolute atomic E-state index is 0.122. The van der Waals surface area contributed by atoms with E-state index in [0.29, 0.717) is 13.2 Å². The topological polar surface area (TPSA) is 45.7 Å². The first kappa shape index (κ1) is 15.2. The number of morpholine rings is 1. The second-order valence-electron chi connectivity index (χ2n) is 5.95. The van der Waals surface area contributed by atoms with Gasteiger partial charge in [0.2, 0.25) is 0 Å². The molecule has 2 fully saturated rings. The zero-order valence-corrected chi connectivity index (χ0v) is 14.3. The number of benzene rings is 1. The van der Waals surface area contributed by atoms with Gasteiger partial charge in [0, 0.05) is 24.7 Å². The SMILES string of the molecule is O=C(C1CN(c2nc3ccc(Cl)cc3s2)CCO1)N1CCCC1. The second-order valence-corrected chi connectivity index (χ2v) is 7.39. The quantitative estimate of drug-likeness (QED) is 0.834. The molecule has 2 aliphatic heterocycles. The Balaban J connectivity index is 1.52. The van der Waals surface area contributed by atoms with Crippen LogP contribution >= 0.6 is 22.9 Å². The molecule has 4 rings (SSSR count). The van der Waals surface area contributed by atoms with E-state index in [1.165, 1.54) is 0 Å². The maximum atomic E-state index is 12.5. The molecule has 0 bridgehead atoms. The maximum Gasteiger partial charge on any atom is 0.253 e. The van der Waals surface area contributed by atoms with E-state index in [-0.39, 0.29) is 12.0 Å². The minimum atomic E-state index is -0.377. The molecule has 5 nitrogen and oxygen atoms in total. The van der Waals surface area contributed by atoms with Gasteiger partial charge in [0.1, 0.15) is 0 Å². The number of halogens is 1. The third-order valence-electron chi connectivity index (χ3n) is 4.37. The van der Waals surface area contributed by atoms with Crippen LogP contribution in [0, 0.1) is 0 Å². The predicted molar refractivity (Wildman–Crippen MR) is 92.4 cm³/mol. The number of anilines is 1. The summed E-state index contributed by atoms with van der Waals surface area (Å²) in [6.07, 6.45) is 1.82. The van der Waals surface area contributed by atoms with Crippen molar-refractivity contribution in [3.63, 3.8) is 0 Å². The van der Waals surface area contributed by atoms with Crippen molar-refractivity contribution in [1.29, 1.82) is 0 Å². The minimum Gasteiger partial charge on any atom is -0.365 e. The molecule has 7 heteroatoms. The Morgan fingerprint density at radius 2 is 2.13 bits per heavy atom. The molecule has 2 saturated heterocycles. The number of hydrogen-bond donors (Lipinski definition) is 0. The van der Waals surface area contributed by atoms with Crippen LogP contribution in [0.2, 0.25) is 5.02 Å². The average Bonchev–Trinajstić information content (AvgIpc) is 3.23. The molecular formula is C16H18ClN3O2S. The van der Waals surface area contributed by atoms with Crippen LogP contribution in [-0.4, -0.2) is 54.7 Å². The summed E-state index contributed by atoms with van der Waals surface area (Å²) in [5.74, 6) is 0.122. The van der Waals surface area contributed by atoms with Gasteiger partial charge in [-0.2, -0.15) is 0 Å². The van der Waals surface area contributed by atoms with Gasteiger partial charge in [0.15, 0.2) is 11.2 Å². The summed E-state index contributed by atoms with van der Waals surface area (Å²) in [5, 5.41) is 1.65. The maximum absolute atomic E-state index is 12.5. The zero-order valence-electron chi connectivity index (χ0n) is 12.7. The number of amides is 1. The highest BCUT2D eigenvalue weighted by molar-refractivity contribution is 7.22. The molecule has 2 aromatic rings. The van der Waals surface area contributed by atoms with Crippen molar-refractivity contribution in [3.8, 4) is 0 Å². The fourth-order valence-electron chi connectivity index (χ4n) is 3.14. The van der Waals surface area contributed by atoms with Crippen molar-refractivity contribution >= 4 is 44.2 Å². The Morgan fingerprint density at radius 3 is 2.96 bits per heavy atom. The van der Waals surface area contributed by atoms with Crippen molar-refractivity contribution in [3.05, 3.63) is 23.2 Å². The summed E-state index contributed by atoms with van der Waals surface area (Å²) >= 11 is 7.66. The molecule has 1 aromatic heterocycles. The van der Waals surface area contributed by atoms with Gasteiger partial charge in [-0.15, -0.1) is 0 Å². The summed E-state index contributed by atoms with van der Waals surface area (Å²) in [7, 11) is 0. The van der Waals surface area contributed by atoms with Crippen LogP contribution in [0.4, 0.5) is 5.13 Å². The van der Waals surface area contributed by atoms with Crippen molar-refractivity contribution in [2.24, 2.45) is 0 Å². The van der Waals surface area contributed by atoms with E-state index in [1.807, 2.05) is 23.1 Å². The van der Waals surface area contributed by atoms with E-state index in [4.69, 9.17) is 16.3 Å². The van der Waals surface area contributed by atoms with Crippen LogP contribution in [0.25, 0.3) is 10.2 Å². The first-order valence-corrected chi connectivity index (χ1v) is 9.11. The van der Waals surface area contributed by atoms with Gasteiger partial charge in [-0.05, 0) is 31.0 Å². The van der Waals surface area contributed by atoms with Gasteiger partial charge in [0.05, 0.1) is 23.4 Å². The van der Waals surface area contributed by atoms with Crippen molar-refractivity contribution < 1.29 is 9.53 Å². The van der Waals surface area contributed by atoms with Crippen molar-refractivity contribution in [2.45, 2.75) is 18.9 Å². The first-order valence-electron chi connectivity index (χ1n) is 7.92. The Morgan fingerprint density at radius 1 is 1.30 bits per heavy atom. The van der Waals surface area contributed by atoms with E-state index >= 15 is 0 Å². The lowest BCUT2D eigenvalue weighted by molar-refractivity contribution is -0.143. The molecule has 1 amide bonds. The Labute approximate surface area is 143 Å². The smallest absolute Gasteiger partial charge is 0.253 e. The van der Waals surface area contributed by atoms with Gasteiger partial charge in [-0.3, -0.25) is 4.79 Å². The number of thiazole rings is 1. The van der Waals surface area contributed by atoms with Crippen LogP contribution in [0.5, 0.6) is 0 Å². The van der Waals surface area contributed by atoms with Crippen LogP contribution in [-0.2, 0) is 9.53 Å². The molecule has 0 aliphatic carbocycles. The Kier molecular flexibility index (Phi) is 4.13. The van der Waals surface area contributed by atoms with Crippen LogP contribution in [0.3, 0.4) is 0 Å². The van der Waals surface area contributed by atoms with E-state index in [0.717, 1.165) is 52.8 Å². The molecule has 0 radical (unpaired) electrons. The van der Waals surface area contributed by atoms with Gasteiger partial charge in [0.25, 0.3) is 5.91 Å². The number of rotatable bonds is 2. The van der Waals surface area contributed by atoms with Crippen LogP contribution in [0.15, 0.2) is 18.2 Å². The molecule has 1 atom stereocenters. The van der Waals surface area contributed by atoms with Crippen molar-refractivity contribution in [2.75, 3.05) is 37.7 Å². The zero-order chi connectivity index (χ0) is 15.8. The highest BCUT2D eigenvalue weighted by Gasteiger charge is 2.32. The number of hydrogen-bond acceptors (Lipinski definition) is 5. The molecule has 122 valence electrons. The number of fused-ring (bicyclic) bond motifs is 1. The number of carbonyl (C=O) groups is 1. The lowest BCUT2D eigenvalue weighted by Gasteiger charge is -2.33. The van der Waals surface area contributed by atoms with Crippen LogP contribution in [0.1, 0.15) is 12.8 Å². The molecule has 1 unspecified atom stereocenters. The Hall–Kier alpha value is -1.37. The van der Waals surface area contributed by atoms with Gasteiger partial charge < -0.3 is 14.5 Å². The van der Waals surface area contributed by atoms with E-state index in [9.17, 15) is 4.79 Å². The number of carbonyl (C=O) groups excluding carboxylic acids is 1. The highest BCUT2D eigenvalue weighted by Crippen LogP contribution is 2.31. The van der Waals surface area contributed by atoms with Crippen molar-refractivity contribution in [1.82, 2.24) is 9.88 Å².